The smallest absolute Gasteiger partial charge is 0.135 e. The number of nitrogens with one attached hydrogen (secondary N) is 1. The maximum Gasteiger partial charge on any atom is 0.135 e. The number of aromatic nitrogens is 2. The number of rotatable bonds is 2. The maximum absolute atomic E-state index is 10.6. The Labute approximate surface area is 85.4 Å². The Bertz CT molecular complexity index is 516. The fourth-order valence-corrected chi connectivity index (χ4v) is 1.35. The third kappa shape index (κ3) is 1.69. The van der Waals surface area contributed by atoms with Crippen molar-refractivity contribution in [3.8, 4) is 0 Å². The summed E-state index contributed by atoms with van der Waals surface area (Å²) in [6, 6.07) is 4.43. The SMILES string of the molecule is C[C@@H](O)c1nc2ccc(C(=O)[O-])cc2[nH]1. The molecule has 0 bridgehead atoms. The monoisotopic (exact) mass is 205 g/mol. The quantitative estimate of drug-likeness (QED) is 0.721. The standard InChI is InChI=1S/C10H10N2O3/c1-5(13)9-11-7-3-2-6(10(14)15)4-8(7)12-9/h2-5,13H,1H3,(H,11,12)(H,14,15)/p-1/t5-/m1/s1. The van der Waals surface area contributed by atoms with Crippen molar-refractivity contribution < 1.29 is 15.0 Å². The number of carboxylic acid groups (broad SMARTS) is 1. The highest BCUT2D eigenvalue weighted by atomic mass is 16.4. The van der Waals surface area contributed by atoms with Crippen molar-refractivity contribution in [3.05, 3.63) is 29.6 Å². The third-order valence-electron chi connectivity index (χ3n) is 2.13. The fourth-order valence-electron chi connectivity index (χ4n) is 1.35. The van der Waals surface area contributed by atoms with Gasteiger partial charge in [0.2, 0.25) is 0 Å². The van der Waals surface area contributed by atoms with Crippen LogP contribution in [0.3, 0.4) is 0 Å². The minimum absolute atomic E-state index is 0.0864. The Balaban J connectivity index is 2.57. The van der Waals surface area contributed by atoms with Crippen LogP contribution in [0.15, 0.2) is 18.2 Å². The van der Waals surface area contributed by atoms with Crippen LogP contribution in [0.1, 0.15) is 29.2 Å². The Morgan fingerprint density at radius 1 is 1.60 bits per heavy atom. The molecule has 1 atom stereocenters. The van der Waals surface area contributed by atoms with E-state index >= 15 is 0 Å². The zero-order valence-electron chi connectivity index (χ0n) is 8.02. The summed E-state index contributed by atoms with van der Waals surface area (Å²) in [6.07, 6.45) is -0.705. The number of carbonyl (C=O) groups is 1. The first kappa shape index (κ1) is 9.67. The van der Waals surface area contributed by atoms with E-state index in [2.05, 4.69) is 9.97 Å². The summed E-state index contributed by atoms with van der Waals surface area (Å²) in [5.41, 5.74) is 1.28. The molecule has 0 unspecified atom stereocenters. The Kier molecular flexibility index (Phi) is 2.17. The van der Waals surface area contributed by atoms with Crippen LogP contribution in [0, 0.1) is 0 Å². The molecule has 0 aliphatic heterocycles. The summed E-state index contributed by atoms with van der Waals surface area (Å²) in [5.74, 6) is -0.814. The lowest BCUT2D eigenvalue weighted by atomic mass is 10.2. The van der Waals surface area contributed by atoms with Gasteiger partial charge in [0.05, 0.1) is 17.0 Å². The first-order valence-corrected chi connectivity index (χ1v) is 4.47. The van der Waals surface area contributed by atoms with Crippen LogP contribution in [0.4, 0.5) is 0 Å². The average molecular weight is 205 g/mol. The number of carbonyl (C=O) groups excluding carboxylic acids is 1. The number of carboxylic acids is 1. The molecule has 1 aromatic heterocycles. The van der Waals surface area contributed by atoms with E-state index < -0.39 is 12.1 Å². The molecule has 0 saturated carbocycles. The number of aliphatic hydroxyl groups excluding tert-OH is 1. The van der Waals surface area contributed by atoms with Gasteiger partial charge >= 0.3 is 0 Å². The lowest BCUT2D eigenvalue weighted by Gasteiger charge is -2.00. The highest BCUT2D eigenvalue weighted by Crippen LogP contribution is 2.16. The maximum atomic E-state index is 10.6. The molecule has 5 heteroatoms. The van der Waals surface area contributed by atoms with Gasteiger partial charge in [-0.15, -0.1) is 0 Å². The molecule has 2 rings (SSSR count). The summed E-state index contributed by atoms with van der Waals surface area (Å²) in [4.78, 5) is 17.5. The predicted octanol–water partition coefficient (Wildman–Crippen LogP) is -0.0203. The van der Waals surface area contributed by atoms with Crippen molar-refractivity contribution in [1.29, 1.82) is 0 Å². The summed E-state index contributed by atoms with van der Waals surface area (Å²) < 4.78 is 0. The van der Waals surface area contributed by atoms with Gasteiger partial charge in [-0.2, -0.15) is 0 Å². The van der Waals surface area contributed by atoms with E-state index in [1.165, 1.54) is 12.1 Å². The highest BCUT2D eigenvalue weighted by molar-refractivity contribution is 5.91. The number of hydrogen-bond donors (Lipinski definition) is 2. The Morgan fingerprint density at radius 3 is 2.93 bits per heavy atom. The molecule has 2 N–H and O–H groups in total. The normalized spacial score (nSPS) is 12.9. The minimum atomic E-state index is -1.23. The Hall–Kier alpha value is -1.88. The van der Waals surface area contributed by atoms with E-state index in [1.807, 2.05) is 0 Å². The molecule has 1 heterocycles. The molecule has 78 valence electrons. The molecular formula is C10H9N2O3-. The highest BCUT2D eigenvalue weighted by Gasteiger charge is 2.07. The molecule has 0 amide bonds. The van der Waals surface area contributed by atoms with Gasteiger partial charge < -0.3 is 20.0 Å². The minimum Gasteiger partial charge on any atom is -0.545 e. The van der Waals surface area contributed by atoms with Crippen LogP contribution in [-0.2, 0) is 0 Å². The van der Waals surface area contributed by atoms with Crippen molar-refractivity contribution in [2.24, 2.45) is 0 Å². The largest absolute Gasteiger partial charge is 0.545 e. The van der Waals surface area contributed by atoms with Gasteiger partial charge in [0.15, 0.2) is 0 Å². The zero-order valence-corrected chi connectivity index (χ0v) is 8.02. The second-order valence-electron chi connectivity index (χ2n) is 3.32. The number of aliphatic hydroxyl groups is 1. The summed E-state index contributed by atoms with van der Waals surface area (Å²) >= 11 is 0. The van der Waals surface area contributed by atoms with E-state index in [-0.39, 0.29) is 5.56 Å². The molecule has 0 saturated heterocycles. The first-order valence-electron chi connectivity index (χ1n) is 4.47. The lowest BCUT2D eigenvalue weighted by molar-refractivity contribution is -0.255. The predicted molar refractivity (Wildman–Crippen MR) is 51.1 cm³/mol. The van der Waals surface area contributed by atoms with Gasteiger partial charge in [-0.05, 0) is 24.6 Å². The number of aromatic amines is 1. The molecule has 1 aromatic carbocycles. The molecule has 0 aliphatic rings. The van der Waals surface area contributed by atoms with Gasteiger partial charge in [0.25, 0.3) is 0 Å². The van der Waals surface area contributed by atoms with Crippen molar-refractivity contribution >= 4 is 17.0 Å². The van der Waals surface area contributed by atoms with Crippen molar-refractivity contribution in [2.75, 3.05) is 0 Å². The first-order chi connectivity index (χ1) is 7.08. The van der Waals surface area contributed by atoms with Crippen molar-refractivity contribution in [2.45, 2.75) is 13.0 Å². The third-order valence-corrected chi connectivity index (χ3v) is 2.13. The number of fused-ring (bicyclic) bond motifs is 1. The molecule has 0 spiro atoms. The van der Waals surface area contributed by atoms with E-state index in [4.69, 9.17) is 0 Å². The van der Waals surface area contributed by atoms with E-state index in [9.17, 15) is 15.0 Å². The second kappa shape index (κ2) is 3.36. The van der Waals surface area contributed by atoms with Crippen LogP contribution in [0.5, 0.6) is 0 Å². The molecule has 0 radical (unpaired) electrons. The number of aromatic carboxylic acids is 1. The van der Waals surface area contributed by atoms with Gasteiger partial charge in [-0.1, -0.05) is 6.07 Å². The van der Waals surface area contributed by atoms with Crippen LogP contribution in [-0.4, -0.2) is 21.0 Å². The van der Waals surface area contributed by atoms with Gasteiger partial charge in [0, 0.05) is 0 Å². The van der Waals surface area contributed by atoms with E-state index in [0.717, 1.165) is 0 Å². The molecule has 0 fully saturated rings. The van der Waals surface area contributed by atoms with Crippen LogP contribution in [0.2, 0.25) is 0 Å². The molecule has 0 aliphatic carbocycles. The van der Waals surface area contributed by atoms with Gasteiger partial charge in [0.1, 0.15) is 11.9 Å². The van der Waals surface area contributed by atoms with Gasteiger partial charge in [-0.3, -0.25) is 0 Å². The van der Waals surface area contributed by atoms with Crippen molar-refractivity contribution in [3.63, 3.8) is 0 Å². The topological polar surface area (TPSA) is 89.0 Å². The summed E-state index contributed by atoms with van der Waals surface area (Å²) in [5, 5.41) is 19.9. The molecule has 15 heavy (non-hydrogen) atoms. The van der Waals surface area contributed by atoms with Crippen LogP contribution < -0.4 is 5.11 Å². The lowest BCUT2D eigenvalue weighted by Crippen LogP contribution is -2.21. The van der Waals surface area contributed by atoms with Gasteiger partial charge in [-0.25, -0.2) is 4.98 Å². The number of nitrogens with zero attached hydrogens (tertiary/aromatic N) is 1. The van der Waals surface area contributed by atoms with E-state index in [0.29, 0.717) is 16.9 Å². The average Bonchev–Trinajstić information content (AvgIpc) is 2.59. The van der Waals surface area contributed by atoms with E-state index in [1.54, 1.807) is 13.0 Å². The fraction of sp³-hybridized carbons (Fsp3) is 0.200. The molecule has 5 nitrogen and oxygen atoms in total. The van der Waals surface area contributed by atoms with Crippen molar-refractivity contribution in [1.82, 2.24) is 9.97 Å². The molecular weight excluding hydrogens is 196 g/mol. The Morgan fingerprint density at radius 2 is 2.33 bits per heavy atom. The van der Waals surface area contributed by atoms with Crippen LogP contribution in [0.25, 0.3) is 11.0 Å². The second-order valence-corrected chi connectivity index (χ2v) is 3.32. The number of hydrogen-bond acceptors (Lipinski definition) is 4. The number of benzene rings is 1. The zero-order chi connectivity index (χ0) is 11.0. The summed E-state index contributed by atoms with van der Waals surface area (Å²) in [7, 11) is 0. The number of H-pyrrole nitrogens is 1. The number of imidazole rings is 1. The van der Waals surface area contributed by atoms with Crippen LogP contribution >= 0.6 is 0 Å². The molecule has 2 aromatic rings. The summed E-state index contributed by atoms with van der Waals surface area (Å²) in [6.45, 7) is 1.58.